The predicted octanol–water partition coefficient (Wildman–Crippen LogP) is 3.04. The zero-order chi connectivity index (χ0) is 28.9. The molecule has 13 heteroatoms. The van der Waals surface area contributed by atoms with Gasteiger partial charge in [-0.2, -0.15) is 4.31 Å². The number of rotatable bonds is 9. The van der Waals surface area contributed by atoms with Gasteiger partial charge in [0.05, 0.1) is 9.79 Å². The molecule has 0 bridgehead atoms. The van der Waals surface area contributed by atoms with E-state index in [9.17, 15) is 21.6 Å². The van der Waals surface area contributed by atoms with E-state index in [0.29, 0.717) is 48.9 Å². The van der Waals surface area contributed by atoms with Crippen molar-refractivity contribution in [2.45, 2.75) is 16.3 Å². The van der Waals surface area contributed by atoms with E-state index in [-0.39, 0.29) is 16.8 Å². The van der Waals surface area contributed by atoms with Crippen LogP contribution >= 0.6 is 0 Å². The molecule has 0 atom stereocenters. The summed E-state index contributed by atoms with van der Waals surface area (Å²) in [5, 5.41) is 2.77. The van der Waals surface area contributed by atoms with Crippen molar-refractivity contribution in [3.8, 4) is 0 Å². The summed E-state index contributed by atoms with van der Waals surface area (Å²) in [5.74, 6) is -0.366. The van der Waals surface area contributed by atoms with Crippen LogP contribution in [-0.4, -0.2) is 68.1 Å². The van der Waals surface area contributed by atoms with Gasteiger partial charge in [-0.15, -0.1) is 0 Å². The molecule has 0 unspecified atom stereocenters. The Balaban J connectivity index is 1.13. The molecule has 1 fully saturated rings. The highest BCUT2D eigenvalue weighted by Gasteiger charge is 2.28. The Morgan fingerprint density at radius 3 is 2.00 bits per heavy atom. The first-order chi connectivity index (χ1) is 19.7. The average Bonchev–Trinajstić information content (AvgIpc) is 2.99. The second kappa shape index (κ2) is 12.1. The van der Waals surface area contributed by atoms with Crippen LogP contribution in [0, 0.1) is 0 Å². The number of carbonyl (C=O) groups excluding carboxylic acids is 1. The monoisotopic (exact) mass is 592 g/mol. The molecule has 4 aromatic rings. The summed E-state index contributed by atoms with van der Waals surface area (Å²) < 4.78 is 54.6. The topological polar surface area (TPSA) is 142 Å². The Morgan fingerprint density at radius 2 is 1.37 bits per heavy atom. The van der Waals surface area contributed by atoms with Crippen molar-refractivity contribution in [3.63, 3.8) is 0 Å². The maximum Gasteiger partial charge on any atom is 0.264 e. The molecule has 5 rings (SSSR count). The highest BCUT2D eigenvalue weighted by Crippen LogP contribution is 2.20. The largest absolute Gasteiger partial charge is 0.322 e. The third kappa shape index (κ3) is 6.95. The van der Waals surface area contributed by atoms with Crippen molar-refractivity contribution in [1.29, 1.82) is 0 Å². The molecular formula is C28H28N6O5S2. The zero-order valence-corrected chi connectivity index (χ0v) is 23.6. The van der Waals surface area contributed by atoms with E-state index in [1.807, 2.05) is 12.1 Å². The van der Waals surface area contributed by atoms with Gasteiger partial charge in [-0.1, -0.05) is 30.3 Å². The quantitative estimate of drug-likeness (QED) is 0.302. The molecule has 2 N–H and O–H groups in total. The maximum atomic E-state index is 12.8. The number of sulfonamides is 2. The first-order valence-corrected chi connectivity index (χ1v) is 15.7. The van der Waals surface area contributed by atoms with Crippen LogP contribution in [0.1, 0.15) is 15.9 Å². The normalized spacial score (nSPS) is 14.8. The van der Waals surface area contributed by atoms with Crippen molar-refractivity contribution in [3.05, 3.63) is 108 Å². The Hall–Kier alpha value is -4.17. The molecule has 1 aliphatic rings. The fourth-order valence-corrected chi connectivity index (χ4v) is 6.74. The second-order valence-corrected chi connectivity index (χ2v) is 13.0. The number of anilines is 2. The van der Waals surface area contributed by atoms with Crippen molar-refractivity contribution < 1.29 is 21.6 Å². The molecule has 0 radical (unpaired) electrons. The van der Waals surface area contributed by atoms with Crippen LogP contribution in [0.25, 0.3) is 0 Å². The van der Waals surface area contributed by atoms with Crippen LogP contribution < -0.4 is 10.0 Å². The van der Waals surface area contributed by atoms with E-state index in [2.05, 4.69) is 24.9 Å². The summed E-state index contributed by atoms with van der Waals surface area (Å²) >= 11 is 0. The van der Waals surface area contributed by atoms with Gasteiger partial charge < -0.3 is 5.32 Å². The van der Waals surface area contributed by atoms with Gasteiger partial charge in [0.1, 0.15) is 0 Å². The molecule has 1 amide bonds. The van der Waals surface area contributed by atoms with Gasteiger partial charge in [-0.25, -0.2) is 31.5 Å². The van der Waals surface area contributed by atoms with E-state index in [1.54, 1.807) is 48.5 Å². The Kier molecular flexibility index (Phi) is 8.40. The number of hydrogen-bond acceptors (Lipinski definition) is 8. The second-order valence-electron chi connectivity index (χ2n) is 9.35. The lowest BCUT2D eigenvalue weighted by molar-refractivity contribution is 0.102. The first-order valence-electron chi connectivity index (χ1n) is 12.8. The predicted molar refractivity (Wildman–Crippen MR) is 154 cm³/mol. The average molecular weight is 593 g/mol. The summed E-state index contributed by atoms with van der Waals surface area (Å²) in [6.07, 6.45) is 2.86. The van der Waals surface area contributed by atoms with E-state index in [1.165, 1.54) is 41.0 Å². The molecule has 1 saturated heterocycles. The molecule has 11 nitrogen and oxygen atoms in total. The Labute approximate surface area is 239 Å². The molecule has 0 aliphatic carbocycles. The minimum Gasteiger partial charge on any atom is -0.322 e. The first kappa shape index (κ1) is 28.4. The zero-order valence-electron chi connectivity index (χ0n) is 21.9. The van der Waals surface area contributed by atoms with Gasteiger partial charge in [0.25, 0.3) is 15.9 Å². The van der Waals surface area contributed by atoms with Crippen LogP contribution in [0.15, 0.2) is 107 Å². The smallest absolute Gasteiger partial charge is 0.264 e. The number of nitrogens with zero attached hydrogens (tertiary/aromatic N) is 4. The minimum absolute atomic E-state index is 0.00537. The van der Waals surface area contributed by atoms with Crippen LogP contribution in [-0.2, 0) is 26.6 Å². The highest BCUT2D eigenvalue weighted by atomic mass is 32.2. The van der Waals surface area contributed by atoms with Crippen molar-refractivity contribution >= 4 is 37.6 Å². The lowest BCUT2D eigenvalue weighted by atomic mass is 10.1. The Morgan fingerprint density at radius 1 is 0.732 bits per heavy atom. The number of carbonyl (C=O) groups is 1. The molecule has 1 aliphatic heterocycles. The van der Waals surface area contributed by atoms with Crippen LogP contribution in [0.5, 0.6) is 0 Å². The number of amides is 1. The van der Waals surface area contributed by atoms with Crippen molar-refractivity contribution in [1.82, 2.24) is 19.2 Å². The number of piperazine rings is 1. The maximum absolute atomic E-state index is 12.8. The van der Waals surface area contributed by atoms with E-state index in [4.69, 9.17) is 0 Å². The van der Waals surface area contributed by atoms with Gasteiger partial charge in [0.15, 0.2) is 0 Å². The van der Waals surface area contributed by atoms with Gasteiger partial charge in [0.2, 0.25) is 16.0 Å². The summed E-state index contributed by atoms with van der Waals surface area (Å²) in [4.78, 5) is 23.0. The van der Waals surface area contributed by atoms with Gasteiger partial charge in [-0.05, 0) is 60.2 Å². The highest BCUT2D eigenvalue weighted by molar-refractivity contribution is 7.92. The number of benzene rings is 3. The van der Waals surface area contributed by atoms with E-state index >= 15 is 0 Å². The molecule has 3 aromatic carbocycles. The molecule has 2 heterocycles. The molecule has 41 heavy (non-hydrogen) atoms. The SMILES string of the molecule is O=C(Nc1ccc(S(=O)(=O)Nc2ncccn2)cc1)c1ccc(CN2CCN(S(=O)(=O)c3ccccc3)CC2)cc1. The summed E-state index contributed by atoms with van der Waals surface area (Å²) in [6.45, 7) is 2.67. The molecule has 0 spiro atoms. The molecule has 1 aromatic heterocycles. The Bertz CT molecular complexity index is 1690. The van der Waals surface area contributed by atoms with Crippen LogP contribution in [0.2, 0.25) is 0 Å². The van der Waals surface area contributed by atoms with E-state index < -0.39 is 20.0 Å². The van der Waals surface area contributed by atoms with Crippen LogP contribution in [0.3, 0.4) is 0 Å². The summed E-state index contributed by atoms with van der Waals surface area (Å²) in [5.41, 5.74) is 1.90. The summed E-state index contributed by atoms with van der Waals surface area (Å²) in [7, 11) is -7.37. The minimum atomic E-state index is -3.88. The lowest BCUT2D eigenvalue weighted by Crippen LogP contribution is -2.48. The molecule has 212 valence electrons. The van der Waals surface area contributed by atoms with Crippen molar-refractivity contribution in [2.24, 2.45) is 0 Å². The fourth-order valence-electron chi connectivity index (χ4n) is 4.34. The fraction of sp³-hybridized carbons (Fsp3) is 0.179. The third-order valence-corrected chi connectivity index (χ3v) is 9.81. The van der Waals surface area contributed by atoms with Gasteiger partial charge >= 0.3 is 0 Å². The number of aromatic nitrogens is 2. The summed E-state index contributed by atoms with van der Waals surface area (Å²) in [6, 6.07) is 23.0. The standard InChI is InChI=1S/C28H28N6O5S2/c35-27(31-24-11-13-25(14-12-24)40(36,37)32-28-29-15-4-16-30-28)23-9-7-22(8-10-23)21-33-17-19-34(20-18-33)41(38,39)26-5-2-1-3-6-26/h1-16H,17-21H2,(H,31,35)(H,29,30,32). The van der Waals surface area contributed by atoms with Gasteiger partial charge in [0, 0.05) is 56.4 Å². The lowest BCUT2D eigenvalue weighted by Gasteiger charge is -2.34. The third-order valence-electron chi connectivity index (χ3n) is 6.55. The molecule has 0 saturated carbocycles. The van der Waals surface area contributed by atoms with Crippen LogP contribution in [0.4, 0.5) is 11.6 Å². The van der Waals surface area contributed by atoms with E-state index in [0.717, 1.165) is 5.56 Å². The van der Waals surface area contributed by atoms with Crippen molar-refractivity contribution in [2.75, 3.05) is 36.2 Å². The number of nitrogens with one attached hydrogen (secondary N) is 2. The number of hydrogen-bond donors (Lipinski definition) is 2. The van der Waals surface area contributed by atoms with Gasteiger partial charge in [-0.3, -0.25) is 9.69 Å². The molecular weight excluding hydrogens is 564 g/mol.